The summed E-state index contributed by atoms with van der Waals surface area (Å²) in [5.74, 6) is -2.08. The highest BCUT2D eigenvalue weighted by molar-refractivity contribution is 7.99. The van der Waals surface area contributed by atoms with Gasteiger partial charge < -0.3 is 31.6 Å². The van der Waals surface area contributed by atoms with E-state index in [-0.39, 0.29) is 23.9 Å². The van der Waals surface area contributed by atoms with Gasteiger partial charge in [-0.25, -0.2) is 19.2 Å². The van der Waals surface area contributed by atoms with Crippen LogP contribution in [-0.2, 0) is 28.7 Å². The Balaban J connectivity index is 0. The number of nitrogens with one attached hydrogen (secondary N) is 4. The molecule has 15 heteroatoms. The number of halogens is 1. The minimum atomic E-state index is -1.45. The predicted molar refractivity (Wildman–Crippen MR) is 141 cm³/mol. The number of esters is 4. The van der Waals surface area contributed by atoms with Crippen LogP contribution in [0.4, 0.5) is 0 Å². The SMILES string of the molecule is CC(=N)NCCSC[C@](C)(N)C(=O)OC(=O)/C=C\C(=O)OC(=O)[C@@](C)(N)CSCCNC(C)=N.Cl. The number of nitrogens with two attached hydrogens (primary N) is 2. The molecule has 0 amide bonds. The second kappa shape index (κ2) is 17.3. The Morgan fingerprint density at radius 1 is 0.800 bits per heavy atom. The van der Waals surface area contributed by atoms with Crippen LogP contribution in [0.3, 0.4) is 0 Å². The van der Waals surface area contributed by atoms with Crippen molar-refractivity contribution < 1.29 is 28.7 Å². The van der Waals surface area contributed by atoms with Gasteiger partial charge in [-0.3, -0.25) is 10.8 Å². The van der Waals surface area contributed by atoms with Gasteiger partial charge in [-0.05, 0) is 27.7 Å². The molecule has 200 valence electrons. The fourth-order valence-corrected chi connectivity index (χ4v) is 3.79. The minimum Gasteiger partial charge on any atom is -0.388 e. The molecular formula is C20H35ClN6O6S2. The van der Waals surface area contributed by atoms with Gasteiger partial charge >= 0.3 is 23.9 Å². The zero-order chi connectivity index (χ0) is 26.4. The molecule has 0 aromatic rings. The second-order valence-electron chi connectivity index (χ2n) is 7.79. The maximum atomic E-state index is 12.1. The molecule has 0 bridgehead atoms. The van der Waals surface area contributed by atoms with Crippen molar-refractivity contribution in [3.8, 4) is 0 Å². The van der Waals surface area contributed by atoms with Crippen molar-refractivity contribution in [2.45, 2.75) is 38.8 Å². The Bertz CT molecular complexity index is 743. The summed E-state index contributed by atoms with van der Waals surface area (Å²) in [7, 11) is 0. The van der Waals surface area contributed by atoms with E-state index in [0.717, 1.165) is 0 Å². The molecule has 12 nitrogen and oxygen atoms in total. The van der Waals surface area contributed by atoms with Gasteiger partial charge in [0.15, 0.2) is 0 Å². The molecule has 0 spiro atoms. The maximum Gasteiger partial charge on any atom is 0.338 e. The lowest BCUT2D eigenvalue weighted by atomic mass is 10.1. The van der Waals surface area contributed by atoms with E-state index in [1.165, 1.54) is 37.4 Å². The molecule has 0 aromatic carbocycles. The molecule has 0 fully saturated rings. The molecule has 0 unspecified atom stereocenters. The summed E-state index contributed by atoms with van der Waals surface area (Å²) in [6.07, 6.45) is 1.31. The van der Waals surface area contributed by atoms with Gasteiger partial charge in [0.1, 0.15) is 11.1 Å². The summed E-state index contributed by atoms with van der Waals surface area (Å²) in [6, 6.07) is 0. The van der Waals surface area contributed by atoms with Gasteiger partial charge in [0.05, 0.1) is 11.7 Å². The molecule has 0 heterocycles. The third-order valence-corrected chi connectivity index (χ3v) is 6.34. The quantitative estimate of drug-likeness (QED) is 0.0424. The normalized spacial score (nSPS) is 14.0. The highest BCUT2D eigenvalue weighted by Crippen LogP contribution is 2.13. The second-order valence-corrected chi connectivity index (χ2v) is 10.0. The first kappa shape index (κ1) is 35.0. The number of hydrogen-bond acceptors (Lipinski definition) is 12. The van der Waals surface area contributed by atoms with Crippen molar-refractivity contribution in [3.63, 3.8) is 0 Å². The molecule has 0 aliphatic heterocycles. The summed E-state index contributed by atoms with van der Waals surface area (Å²) < 4.78 is 9.26. The molecule has 0 aromatic heterocycles. The minimum absolute atomic E-state index is 0. The number of rotatable bonds is 14. The first-order chi connectivity index (χ1) is 15.7. The third-order valence-electron chi connectivity index (χ3n) is 3.75. The number of carbonyl (C=O) groups is 4. The lowest BCUT2D eigenvalue weighted by Gasteiger charge is -2.21. The van der Waals surface area contributed by atoms with Crippen molar-refractivity contribution in [3.05, 3.63) is 12.2 Å². The molecule has 0 saturated carbocycles. The van der Waals surface area contributed by atoms with Crippen LogP contribution in [0, 0.1) is 10.8 Å². The summed E-state index contributed by atoms with van der Waals surface area (Å²) in [6.45, 7) is 7.07. The van der Waals surface area contributed by atoms with Crippen LogP contribution < -0.4 is 22.1 Å². The Labute approximate surface area is 219 Å². The van der Waals surface area contributed by atoms with Crippen LogP contribution in [0.25, 0.3) is 0 Å². The lowest BCUT2D eigenvalue weighted by Crippen LogP contribution is -2.49. The van der Waals surface area contributed by atoms with Crippen LogP contribution in [0.2, 0.25) is 0 Å². The van der Waals surface area contributed by atoms with Crippen LogP contribution in [0.5, 0.6) is 0 Å². The van der Waals surface area contributed by atoms with Gasteiger partial charge in [0.2, 0.25) is 0 Å². The van der Waals surface area contributed by atoms with Crippen LogP contribution in [0.15, 0.2) is 12.2 Å². The van der Waals surface area contributed by atoms with E-state index in [9.17, 15) is 19.2 Å². The number of carbonyl (C=O) groups excluding carboxylic acids is 4. The molecule has 8 N–H and O–H groups in total. The average molecular weight is 555 g/mol. The topological polar surface area (TPSA) is 211 Å². The predicted octanol–water partition coefficient (Wildman–Crippen LogP) is 0.179. The van der Waals surface area contributed by atoms with Crippen molar-refractivity contribution in [2.75, 3.05) is 36.1 Å². The van der Waals surface area contributed by atoms with Crippen molar-refractivity contribution in [2.24, 2.45) is 11.5 Å². The van der Waals surface area contributed by atoms with E-state index in [4.69, 9.17) is 22.3 Å². The van der Waals surface area contributed by atoms with Crippen molar-refractivity contribution >= 4 is 71.5 Å². The smallest absolute Gasteiger partial charge is 0.338 e. The molecule has 35 heavy (non-hydrogen) atoms. The summed E-state index contributed by atoms with van der Waals surface area (Å²) in [5, 5.41) is 20.2. The summed E-state index contributed by atoms with van der Waals surface area (Å²) in [4.78, 5) is 47.9. The monoisotopic (exact) mass is 554 g/mol. The van der Waals surface area contributed by atoms with Gasteiger partial charge in [0.25, 0.3) is 0 Å². The molecule has 0 radical (unpaired) electrons. The Hall–Kier alpha value is -2.13. The Morgan fingerprint density at radius 2 is 1.11 bits per heavy atom. The van der Waals surface area contributed by atoms with E-state index in [1.54, 1.807) is 13.8 Å². The largest absolute Gasteiger partial charge is 0.388 e. The van der Waals surface area contributed by atoms with Gasteiger partial charge in [-0.1, -0.05) is 0 Å². The fraction of sp³-hybridized carbons (Fsp3) is 0.600. The summed E-state index contributed by atoms with van der Waals surface area (Å²) >= 11 is 2.68. The van der Waals surface area contributed by atoms with E-state index in [1.807, 2.05) is 0 Å². The molecule has 0 rings (SSSR count). The van der Waals surface area contributed by atoms with E-state index in [0.29, 0.717) is 48.4 Å². The molecule has 0 aliphatic rings. The molecule has 0 saturated heterocycles. The van der Waals surface area contributed by atoms with E-state index in [2.05, 4.69) is 20.1 Å². The number of amidine groups is 2. The van der Waals surface area contributed by atoms with Gasteiger partial charge in [-0.15, -0.1) is 12.4 Å². The molecular weight excluding hydrogens is 520 g/mol. The first-order valence-corrected chi connectivity index (χ1v) is 12.5. The van der Waals surface area contributed by atoms with Gasteiger partial charge in [-0.2, -0.15) is 23.5 Å². The number of hydrogen-bond donors (Lipinski definition) is 6. The Morgan fingerprint density at radius 3 is 1.40 bits per heavy atom. The average Bonchev–Trinajstić information content (AvgIpc) is 2.71. The van der Waals surface area contributed by atoms with Crippen molar-refractivity contribution in [1.82, 2.24) is 10.6 Å². The van der Waals surface area contributed by atoms with Gasteiger partial charge in [0, 0.05) is 48.3 Å². The number of thioether (sulfide) groups is 2. The highest BCUT2D eigenvalue weighted by Gasteiger charge is 2.33. The standard InChI is InChI=1S/C20H34N6O6S2.ClH/c1-13(21)25-7-9-33-11-19(3,23)17(29)31-15(27)5-6-16(28)32-18(30)20(4,24)12-34-10-8-26-14(2)22;/h5-6H,7-12,23-24H2,1-4H3,(H2,21,25)(H2,22,26);1H/b6-5-;/t19-,20-;/m0./s1. The van der Waals surface area contributed by atoms with E-state index < -0.39 is 35.0 Å². The molecule has 0 aliphatic carbocycles. The molecule has 2 atom stereocenters. The summed E-state index contributed by atoms with van der Waals surface area (Å²) in [5.41, 5.74) is 8.89. The highest BCUT2D eigenvalue weighted by atomic mass is 35.5. The van der Waals surface area contributed by atoms with Crippen molar-refractivity contribution in [1.29, 1.82) is 10.8 Å². The zero-order valence-corrected chi connectivity index (χ0v) is 22.7. The van der Waals surface area contributed by atoms with Crippen LogP contribution in [0.1, 0.15) is 27.7 Å². The number of ether oxygens (including phenoxy) is 2. The Kier molecular flexibility index (Phi) is 17.3. The first-order valence-electron chi connectivity index (χ1n) is 10.2. The third kappa shape index (κ3) is 17.0. The van der Waals surface area contributed by atoms with Crippen LogP contribution >= 0.6 is 35.9 Å². The van der Waals surface area contributed by atoms with Crippen LogP contribution in [-0.4, -0.2) is 82.7 Å². The maximum absolute atomic E-state index is 12.1. The fourth-order valence-electron chi connectivity index (χ4n) is 1.93. The van der Waals surface area contributed by atoms with E-state index >= 15 is 0 Å². The lowest BCUT2D eigenvalue weighted by molar-refractivity contribution is -0.162. The zero-order valence-electron chi connectivity index (χ0n) is 20.2.